The number of hydrogen-bond acceptors (Lipinski definition) is 2. The van der Waals surface area contributed by atoms with E-state index in [4.69, 9.17) is 5.73 Å². The van der Waals surface area contributed by atoms with Crippen LogP contribution in [-0.4, -0.2) is 6.04 Å². The summed E-state index contributed by atoms with van der Waals surface area (Å²) < 4.78 is 14.3. The first kappa shape index (κ1) is 9.16. The Kier molecular flexibility index (Phi) is 2.39. The Morgan fingerprint density at radius 1 is 1.62 bits per heavy atom. The largest absolute Gasteiger partial charge is 0.328 e. The number of halogens is 1. The normalized spacial score (nSPS) is 34.8. The topological polar surface area (TPSA) is 26.0 Å². The first-order chi connectivity index (χ1) is 6.21. The SMILES string of the molecule is NC1CCCC(F)(c2ccsc2)C1. The van der Waals surface area contributed by atoms with Crippen molar-refractivity contribution in [1.29, 1.82) is 0 Å². The van der Waals surface area contributed by atoms with E-state index in [1.54, 1.807) is 11.3 Å². The minimum Gasteiger partial charge on any atom is -0.328 e. The summed E-state index contributed by atoms with van der Waals surface area (Å²) in [5.41, 5.74) is 5.47. The van der Waals surface area contributed by atoms with Gasteiger partial charge in [0.15, 0.2) is 0 Å². The Morgan fingerprint density at radius 2 is 2.46 bits per heavy atom. The molecule has 0 bridgehead atoms. The lowest BCUT2D eigenvalue weighted by Crippen LogP contribution is -2.35. The van der Waals surface area contributed by atoms with Gasteiger partial charge in [-0.1, -0.05) is 0 Å². The van der Waals surface area contributed by atoms with Crippen LogP contribution in [0.2, 0.25) is 0 Å². The van der Waals surface area contributed by atoms with Crippen LogP contribution in [-0.2, 0) is 5.67 Å². The number of thiophene rings is 1. The second kappa shape index (κ2) is 3.39. The van der Waals surface area contributed by atoms with E-state index in [0.717, 1.165) is 18.4 Å². The van der Waals surface area contributed by atoms with Gasteiger partial charge in [-0.25, -0.2) is 4.39 Å². The Balaban J connectivity index is 2.20. The number of alkyl halides is 1. The highest BCUT2D eigenvalue weighted by Gasteiger charge is 2.36. The molecule has 1 saturated carbocycles. The second-order valence-electron chi connectivity index (χ2n) is 3.83. The van der Waals surface area contributed by atoms with Gasteiger partial charge < -0.3 is 5.73 Å². The second-order valence-corrected chi connectivity index (χ2v) is 4.61. The molecule has 1 fully saturated rings. The van der Waals surface area contributed by atoms with Crippen molar-refractivity contribution in [3.8, 4) is 0 Å². The fourth-order valence-electron chi connectivity index (χ4n) is 2.05. The Labute approximate surface area is 81.8 Å². The molecule has 2 unspecified atom stereocenters. The van der Waals surface area contributed by atoms with Gasteiger partial charge in [-0.3, -0.25) is 0 Å². The van der Waals surface area contributed by atoms with E-state index in [1.165, 1.54) is 0 Å². The van der Waals surface area contributed by atoms with Gasteiger partial charge in [0.1, 0.15) is 5.67 Å². The standard InChI is InChI=1S/C10H14FNS/c11-10(8-3-5-13-7-8)4-1-2-9(12)6-10/h3,5,7,9H,1-2,4,6,12H2. The highest BCUT2D eigenvalue weighted by Crippen LogP contribution is 2.40. The molecule has 1 aliphatic rings. The quantitative estimate of drug-likeness (QED) is 0.739. The van der Waals surface area contributed by atoms with Gasteiger partial charge in [-0.15, -0.1) is 0 Å². The molecule has 1 nitrogen and oxygen atoms in total. The number of hydrogen-bond donors (Lipinski definition) is 1. The predicted octanol–water partition coefficient (Wildman–Crippen LogP) is 2.81. The molecule has 1 aromatic heterocycles. The predicted molar refractivity (Wildman–Crippen MR) is 53.5 cm³/mol. The van der Waals surface area contributed by atoms with Crippen LogP contribution in [0.15, 0.2) is 16.8 Å². The zero-order chi connectivity index (χ0) is 9.31. The van der Waals surface area contributed by atoms with Gasteiger partial charge in [0.2, 0.25) is 0 Å². The van der Waals surface area contributed by atoms with Gasteiger partial charge >= 0.3 is 0 Å². The van der Waals surface area contributed by atoms with Crippen LogP contribution in [0.1, 0.15) is 31.2 Å². The molecule has 0 spiro atoms. The molecule has 0 saturated heterocycles. The van der Waals surface area contributed by atoms with Crippen molar-refractivity contribution in [1.82, 2.24) is 0 Å². The summed E-state index contributed by atoms with van der Waals surface area (Å²) in [6.07, 6.45) is 3.00. The summed E-state index contributed by atoms with van der Waals surface area (Å²) in [6.45, 7) is 0. The molecule has 3 heteroatoms. The van der Waals surface area contributed by atoms with Crippen molar-refractivity contribution in [2.75, 3.05) is 0 Å². The Hall–Kier alpha value is -0.410. The monoisotopic (exact) mass is 199 g/mol. The van der Waals surface area contributed by atoms with Crippen LogP contribution in [0, 0.1) is 0 Å². The van der Waals surface area contributed by atoms with E-state index in [0.29, 0.717) is 12.8 Å². The van der Waals surface area contributed by atoms with E-state index in [1.807, 2.05) is 16.8 Å². The summed E-state index contributed by atoms with van der Waals surface area (Å²) in [5, 5.41) is 3.83. The minimum atomic E-state index is -1.14. The molecule has 2 atom stereocenters. The molecule has 0 aromatic carbocycles. The van der Waals surface area contributed by atoms with E-state index in [-0.39, 0.29) is 6.04 Å². The summed E-state index contributed by atoms with van der Waals surface area (Å²) in [7, 11) is 0. The Morgan fingerprint density at radius 3 is 3.08 bits per heavy atom. The van der Waals surface area contributed by atoms with Gasteiger partial charge in [0, 0.05) is 12.5 Å². The lowest BCUT2D eigenvalue weighted by Gasteiger charge is -2.32. The third kappa shape index (κ3) is 1.76. The van der Waals surface area contributed by atoms with Gasteiger partial charge in [0.05, 0.1) is 0 Å². The zero-order valence-corrected chi connectivity index (χ0v) is 8.32. The maximum absolute atomic E-state index is 14.3. The smallest absolute Gasteiger partial charge is 0.138 e. The van der Waals surface area contributed by atoms with Crippen molar-refractivity contribution >= 4 is 11.3 Å². The third-order valence-corrected chi connectivity index (χ3v) is 3.46. The van der Waals surface area contributed by atoms with Crippen LogP contribution < -0.4 is 5.73 Å². The molecule has 0 radical (unpaired) electrons. The fourth-order valence-corrected chi connectivity index (χ4v) is 2.79. The van der Waals surface area contributed by atoms with Crippen molar-refractivity contribution in [3.05, 3.63) is 22.4 Å². The fraction of sp³-hybridized carbons (Fsp3) is 0.600. The molecule has 1 heterocycles. The van der Waals surface area contributed by atoms with Crippen LogP contribution in [0.25, 0.3) is 0 Å². The lowest BCUT2D eigenvalue weighted by molar-refractivity contribution is 0.0953. The summed E-state index contributed by atoms with van der Waals surface area (Å²) in [5.74, 6) is 0. The lowest BCUT2D eigenvalue weighted by atomic mass is 9.80. The maximum atomic E-state index is 14.3. The maximum Gasteiger partial charge on any atom is 0.138 e. The molecule has 1 aromatic rings. The number of nitrogens with two attached hydrogens (primary N) is 1. The van der Waals surface area contributed by atoms with E-state index < -0.39 is 5.67 Å². The van der Waals surface area contributed by atoms with Gasteiger partial charge in [0.25, 0.3) is 0 Å². The van der Waals surface area contributed by atoms with Crippen LogP contribution >= 0.6 is 11.3 Å². The summed E-state index contributed by atoms with van der Waals surface area (Å²) in [6, 6.07) is 1.92. The third-order valence-electron chi connectivity index (χ3n) is 2.77. The number of rotatable bonds is 1. The Bertz CT molecular complexity index is 272. The highest BCUT2D eigenvalue weighted by atomic mass is 32.1. The van der Waals surface area contributed by atoms with Crippen molar-refractivity contribution < 1.29 is 4.39 Å². The summed E-state index contributed by atoms with van der Waals surface area (Å²) in [4.78, 5) is 0. The highest BCUT2D eigenvalue weighted by molar-refractivity contribution is 7.08. The minimum absolute atomic E-state index is 0.0404. The molecule has 72 valence electrons. The molecule has 2 rings (SSSR count). The molecule has 0 aliphatic heterocycles. The van der Waals surface area contributed by atoms with E-state index >= 15 is 0 Å². The van der Waals surface area contributed by atoms with Crippen molar-refractivity contribution in [2.45, 2.75) is 37.4 Å². The molecule has 13 heavy (non-hydrogen) atoms. The van der Waals surface area contributed by atoms with Crippen LogP contribution in [0.4, 0.5) is 4.39 Å². The molecule has 0 amide bonds. The van der Waals surface area contributed by atoms with Crippen molar-refractivity contribution in [2.24, 2.45) is 5.73 Å². The average molecular weight is 199 g/mol. The first-order valence-corrected chi connectivity index (χ1v) is 5.62. The van der Waals surface area contributed by atoms with Gasteiger partial charge in [-0.2, -0.15) is 11.3 Å². The molecule has 1 aliphatic carbocycles. The van der Waals surface area contributed by atoms with Gasteiger partial charge in [-0.05, 0) is 41.7 Å². The zero-order valence-electron chi connectivity index (χ0n) is 7.50. The first-order valence-electron chi connectivity index (χ1n) is 4.68. The molecular weight excluding hydrogens is 185 g/mol. The summed E-state index contributed by atoms with van der Waals surface area (Å²) >= 11 is 1.55. The van der Waals surface area contributed by atoms with Crippen LogP contribution in [0.3, 0.4) is 0 Å². The van der Waals surface area contributed by atoms with E-state index in [2.05, 4.69) is 0 Å². The van der Waals surface area contributed by atoms with Crippen LogP contribution in [0.5, 0.6) is 0 Å². The van der Waals surface area contributed by atoms with E-state index in [9.17, 15) is 4.39 Å². The van der Waals surface area contributed by atoms with Crippen molar-refractivity contribution in [3.63, 3.8) is 0 Å². The average Bonchev–Trinajstić information content (AvgIpc) is 2.55. The molecular formula is C10H14FNS. The molecule has 2 N–H and O–H groups in total.